The van der Waals surface area contributed by atoms with Crippen molar-refractivity contribution in [1.82, 2.24) is 10.2 Å². The summed E-state index contributed by atoms with van der Waals surface area (Å²) in [6, 6.07) is 0.215. The van der Waals surface area contributed by atoms with Crippen molar-refractivity contribution in [3.63, 3.8) is 0 Å². The molecule has 2 atom stereocenters. The van der Waals surface area contributed by atoms with E-state index >= 15 is 0 Å². The minimum Gasteiger partial charge on any atom is -0.481 e. The van der Waals surface area contributed by atoms with Crippen LogP contribution in [0.1, 0.15) is 52.9 Å². The maximum Gasteiger partial charge on any atom is 0.317 e. The summed E-state index contributed by atoms with van der Waals surface area (Å²) >= 11 is 0. The summed E-state index contributed by atoms with van der Waals surface area (Å²) in [6.45, 7) is 7.79. The summed E-state index contributed by atoms with van der Waals surface area (Å²) in [4.78, 5) is 24.5. The molecular formula is C15H28N2O3. The van der Waals surface area contributed by atoms with Crippen molar-refractivity contribution in [3.05, 3.63) is 0 Å². The van der Waals surface area contributed by atoms with E-state index in [4.69, 9.17) is 5.11 Å². The Morgan fingerprint density at radius 3 is 2.40 bits per heavy atom. The standard InChI is InChI=1S/C15H28N2O3/c1-4-11(2)12(3)16-15(20)17-9-7-13(8-10-17)5-6-14(18)19/h11-13H,4-10H2,1-3H3,(H,16,20)(H,18,19). The Morgan fingerprint density at radius 1 is 1.30 bits per heavy atom. The Morgan fingerprint density at radius 2 is 1.90 bits per heavy atom. The molecule has 0 saturated carbocycles. The van der Waals surface area contributed by atoms with Gasteiger partial charge >= 0.3 is 12.0 Å². The van der Waals surface area contributed by atoms with Crippen molar-refractivity contribution in [2.24, 2.45) is 11.8 Å². The highest BCUT2D eigenvalue weighted by atomic mass is 16.4. The highest BCUT2D eigenvalue weighted by Gasteiger charge is 2.24. The smallest absolute Gasteiger partial charge is 0.317 e. The number of piperidine rings is 1. The van der Waals surface area contributed by atoms with Gasteiger partial charge in [0.15, 0.2) is 0 Å². The first-order valence-electron chi connectivity index (χ1n) is 7.71. The summed E-state index contributed by atoms with van der Waals surface area (Å²) in [7, 11) is 0. The molecule has 1 fully saturated rings. The third-order valence-corrected chi connectivity index (χ3v) is 4.52. The number of urea groups is 1. The van der Waals surface area contributed by atoms with Crippen LogP contribution in [0.5, 0.6) is 0 Å². The van der Waals surface area contributed by atoms with E-state index in [0.717, 1.165) is 38.8 Å². The lowest BCUT2D eigenvalue weighted by molar-refractivity contribution is -0.137. The van der Waals surface area contributed by atoms with Gasteiger partial charge in [0.1, 0.15) is 0 Å². The van der Waals surface area contributed by atoms with E-state index in [1.165, 1.54) is 0 Å². The fraction of sp³-hybridized carbons (Fsp3) is 0.867. The van der Waals surface area contributed by atoms with E-state index in [2.05, 4.69) is 19.2 Å². The first kappa shape index (κ1) is 16.8. The molecule has 1 rings (SSSR count). The molecule has 2 N–H and O–H groups in total. The monoisotopic (exact) mass is 284 g/mol. The van der Waals surface area contributed by atoms with Crippen molar-refractivity contribution in [2.45, 2.75) is 58.9 Å². The molecule has 0 aliphatic carbocycles. The van der Waals surface area contributed by atoms with Crippen molar-refractivity contribution in [2.75, 3.05) is 13.1 Å². The maximum absolute atomic E-state index is 12.1. The molecule has 5 heteroatoms. The Kier molecular flexibility index (Phi) is 6.82. The molecule has 116 valence electrons. The van der Waals surface area contributed by atoms with Crippen LogP contribution in [-0.4, -0.2) is 41.1 Å². The quantitative estimate of drug-likeness (QED) is 0.788. The van der Waals surface area contributed by atoms with Gasteiger partial charge < -0.3 is 15.3 Å². The van der Waals surface area contributed by atoms with E-state index in [1.54, 1.807) is 0 Å². The summed E-state index contributed by atoms with van der Waals surface area (Å²) < 4.78 is 0. The van der Waals surface area contributed by atoms with Crippen molar-refractivity contribution in [1.29, 1.82) is 0 Å². The number of aliphatic carboxylic acids is 1. The van der Waals surface area contributed by atoms with Gasteiger partial charge in [0.2, 0.25) is 0 Å². The highest BCUT2D eigenvalue weighted by Crippen LogP contribution is 2.22. The molecule has 2 amide bonds. The zero-order valence-corrected chi connectivity index (χ0v) is 12.9. The third kappa shape index (κ3) is 5.39. The second-order valence-electron chi connectivity index (χ2n) is 5.99. The number of carboxylic acids is 1. The predicted molar refractivity (Wildman–Crippen MR) is 78.6 cm³/mol. The first-order valence-corrected chi connectivity index (χ1v) is 7.71. The van der Waals surface area contributed by atoms with E-state index in [9.17, 15) is 9.59 Å². The lowest BCUT2D eigenvalue weighted by Gasteiger charge is -2.33. The number of nitrogens with one attached hydrogen (secondary N) is 1. The van der Waals surface area contributed by atoms with Crippen LogP contribution < -0.4 is 5.32 Å². The Bertz CT molecular complexity index is 325. The number of rotatable bonds is 6. The molecule has 0 radical (unpaired) electrons. The SMILES string of the molecule is CCC(C)C(C)NC(=O)N1CCC(CCC(=O)O)CC1. The molecule has 0 spiro atoms. The molecule has 0 bridgehead atoms. The summed E-state index contributed by atoms with van der Waals surface area (Å²) in [6.07, 6.45) is 3.85. The molecule has 20 heavy (non-hydrogen) atoms. The summed E-state index contributed by atoms with van der Waals surface area (Å²) in [5.74, 6) is 0.196. The fourth-order valence-electron chi connectivity index (χ4n) is 2.53. The van der Waals surface area contributed by atoms with Gasteiger partial charge in [-0.3, -0.25) is 4.79 Å². The molecule has 1 heterocycles. The largest absolute Gasteiger partial charge is 0.481 e. The van der Waals surface area contributed by atoms with Gasteiger partial charge in [0.25, 0.3) is 0 Å². The molecule has 0 aromatic carbocycles. The zero-order valence-electron chi connectivity index (χ0n) is 12.9. The van der Waals surface area contributed by atoms with Crippen LogP contribution in [0.2, 0.25) is 0 Å². The number of nitrogens with zero attached hydrogens (tertiary/aromatic N) is 1. The van der Waals surface area contributed by atoms with Gasteiger partial charge in [0.05, 0.1) is 0 Å². The van der Waals surface area contributed by atoms with Gasteiger partial charge in [-0.05, 0) is 38.0 Å². The van der Waals surface area contributed by atoms with Crippen LogP contribution in [0.25, 0.3) is 0 Å². The summed E-state index contributed by atoms with van der Waals surface area (Å²) in [5, 5.41) is 11.7. The van der Waals surface area contributed by atoms with Crippen LogP contribution >= 0.6 is 0 Å². The third-order valence-electron chi connectivity index (χ3n) is 4.52. The molecular weight excluding hydrogens is 256 g/mol. The van der Waals surface area contributed by atoms with Gasteiger partial charge in [-0.1, -0.05) is 20.3 Å². The van der Waals surface area contributed by atoms with E-state index < -0.39 is 5.97 Å². The average molecular weight is 284 g/mol. The Labute approximate surface area is 121 Å². The van der Waals surface area contributed by atoms with E-state index in [-0.39, 0.29) is 18.5 Å². The van der Waals surface area contributed by atoms with Crippen molar-refractivity contribution < 1.29 is 14.7 Å². The van der Waals surface area contributed by atoms with Crippen molar-refractivity contribution in [3.8, 4) is 0 Å². The Balaban J connectivity index is 2.30. The molecule has 0 aromatic heterocycles. The fourth-order valence-corrected chi connectivity index (χ4v) is 2.53. The lowest BCUT2D eigenvalue weighted by atomic mass is 9.92. The van der Waals surface area contributed by atoms with E-state index in [1.807, 2.05) is 11.8 Å². The van der Waals surface area contributed by atoms with Crippen LogP contribution in [0.4, 0.5) is 4.79 Å². The number of carbonyl (C=O) groups is 2. The molecule has 2 unspecified atom stereocenters. The van der Waals surface area contributed by atoms with Crippen LogP contribution in [0.3, 0.4) is 0 Å². The van der Waals surface area contributed by atoms with Crippen molar-refractivity contribution >= 4 is 12.0 Å². The predicted octanol–water partition coefficient (Wildman–Crippen LogP) is 2.71. The summed E-state index contributed by atoms with van der Waals surface area (Å²) in [5.41, 5.74) is 0. The number of carboxylic acid groups (broad SMARTS) is 1. The molecule has 0 aromatic rings. The van der Waals surface area contributed by atoms with Crippen LogP contribution in [0, 0.1) is 11.8 Å². The number of amides is 2. The number of carbonyl (C=O) groups excluding carboxylic acids is 1. The minimum absolute atomic E-state index is 0.0227. The minimum atomic E-state index is -0.729. The number of likely N-dealkylation sites (tertiary alicyclic amines) is 1. The second kappa shape index (κ2) is 8.12. The molecule has 1 saturated heterocycles. The molecule has 1 aliphatic rings. The van der Waals surface area contributed by atoms with Gasteiger partial charge in [-0.2, -0.15) is 0 Å². The topological polar surface area (TPSA) is 69.6 Å². The second-order valence-corrected chi connectivity index (χ2v) is 5.99. The number of hydrogen-bond acceptors (Lipinski definition) is 2. The van der Waals surface area contributed by atoms with E-state index in [0.29, 0.717) is 11.8 Å². The molecule has 5 nitrogen and oxygen atoms in total. The van der Waals surface area contributed by atoms with Crippen LogP contribution in [-0.2, 0) is 4.79 Å². The van der Waals surface area contributed by atoms with Crippen LogP contribution in [0.15, 0.2) is 0 Å². The normalized spacial score (nSPS) is 19.4. The maximum atomic E-state index is 12.1. The Hall–Kier alpha value is -1.26. The van der Waals surface area contributed by atoms with Gasteiger partial charge in [-0.25, -0.2) is 4.79 Å². The molecule has 1 aliphatic heterocycles. The van der Waals surface area contributed by atoms with Gasteiger partial charge in [-0.15, -0.1) is 0 Å². The highest BCUT2D eigenvalue weighted by molar-refractivity contribution is 5.74. The van der Waals surface area contributed by atoms with Gasteiger partial charge in [0, 0.05) is 25.6 Å². The average Bonchev–Trinajstić information content (AvgIpc) is 2.44. The number of hydrogen-bond donors (Lipinski definition) is 2. The lowest BCUT2D eigenvalue weighted by Crippen LogP contribution is -2.48. The zero-order chi connectivity index (χ0) is 15.1. The first-order chi connectivity index (χ1) is 9.43.